The number of amides is 1. The van der Waals surface area contributed by atoms with Gasteiger partial charge in [-0.15, -0.1) is 0 Å². The lowest BCUT2D eigenvalue weighted by atomic mass is 9.65. The predicted octanol–water partition coefficient (Wildman–Crippen LogP) is 3.79. The molecule has 5 rings (SSSR count). The van der Waals surface area contributed by atoms with Crippen LogP contribution < -0.4 is 0 Å². The summed E-state index contributed by atoms with van der Waals surface area (Å²) in [6.07, 6.45) is 3.94. The smallest absolute Gasteiger partial charge is 0.307 e. The molecule has 1 amide bonds. The minimum Gasteiger partial charge on any atom is -0.481 e. The van der Waals surface area contributed by atoms with Gasteiger partial charge >= 0.3 is 5.97 Å². The first kappa shape index (κ1) is 17.7. The van der Waals surface area contributed by atoms with Gasteiger partial charge in [-0.2, -0.15) is 0 Å². The van der Waals surface area contributed by atoms with E-state index in [9.17, 15) is 9.59 Å². The van der Waals surface area contributed by atoms with Crippen LogP contribution in [0.25, 0.3) is 11.0 Å². The average Bonchev–Trinajstić information content (AvgIpc) is 3.22. The number of hydrogen-bond donors (Lipinski definition) is 2. The number of H-pyrrole nitrogens is 1. The van der Waals surface area contributed by atoms with Crippen molar-refractivity contribution in [3.63, 3.8) is 0 Å². The molecule has 1 aliphatic heterocycles. The van der Waals surface area contributed by atoms with E-state index in [1.807, 2.05) is 18.2 Å². The van der Waals surface area contributed by atoms with Gasteiger partial charge in [0.25, 0.3) is 5.91 Å². The second kappa shape index (κ2) is 5.58. The van der Waals surface area contributed by atoms with Crippen molar-refractivity contribution in [3.8, 4) is 0 Å². The molecule has 3 aliphatic rings. The number of carbonyl (C=O) groups is 2. The average molecular weight is 381 g/mol. The quantitative estimate of drug-likeness (QED) is 0.847. The van der Waals surface area contributed by atoms with Crippen molar-refractivity contribution in [2.45, 2.75) is 58.4 Å². The summed E-state index contributed by atoms with van der Waals surface area (Å²) in [6, 6.07) is 5.92. The Morgan fingerprint density at radius 1 is 1.25 bits per heavy atom. The van der Waals surface area contributed by atoms with Crippen molar-refractivity contribution in [2.24, 2.45) is 16.7 Å². The van der Waals surface area contributed by atoms with Crippen LogP contribution in [-0.2, 0) is 4.79 Å². The Morgan fingerprint density at radius 3 is 2.75 bits per heavy atom. The maximum atomic E-state index is 13.3. The van der Waals surface area contributed by atoms with E-state index in [0.29, 0.717) is 18.0 Å². The summed E-state index contributed by atoms with van der Waals surface area (Å²) in [5.41, 5.74) is 2.77. The lowest BCUT2D eigenvalue weighted by molar-refractivity contribution is -0.138. The van der Waals surface area contributed by atoms with Gasteiger partial charge in [-0.1, -0.05) is 20.8 Å². The van der Waals surface area contributed by atoms with E-state index in [0.717, 1.165) is 42.7 Å². The van der Waals surface area contributed by atoms with Crippen molar-refractivity contribution >= 4 is 22.9 Å². The number of hydrogen-bond acceptors (Lipinski definition) is 3. The highest BCUT2D eigenvalue weighted by Gasteiger charge is 2.51. The molecule has 0 spiro atoms. The first-order valence-electron chi connectivity index (χ1n) is 10.2. The number of benzene rings is 1. The van der Waals surface area contributed by atoms with Crippen molar-refractivity contribution in [1.29, 1.82) is 0 Å². The lowest BCUT2D eigenvalue weighted by Gasteiger charge is -2.39. The van der Waals surface area contributed by atoms with Crippen LogP contribution in [0.15, 0.2) is 18.2 Å². The van der Waals surface area contributed by atoms with Crippen LogP contribution in [0.1, 0.15) is 68.6 Å². The molecule has 4 unspecified atom stereocenters. The van der Waals surface area contributed by atoms with Crippen molar-refractivity contribution in [2.75, 3.05) is 6.54 Å². The molecule has 2 N–H and O–H groups in total. The van der Waals surface area contributed by atoms with Crippen molar-refractivity contribution in [3.05, 3.63) is 29.6 Å². The molecule has 1 aromatic heterocycles. The summed E-state index contributed by atoms with van der Waals surface area (Å²) >= 11 is 0. The molecule has 1 aromatic carbocycles. The van der Waals surface area contributed by atoms with E-state index < -0.39 is 5.97 Å². The molecule has 2 aromatic rings. The molecule has 28 heavy (non-hydrogen) atoms. The molecule has 2 saturated carbocycles. The molecule has 2 bridgehead atoms. The normalized spacial score (nSPS) is 33.2. The van der Waals surface area contributed by atoms with Gasteiger partial charge in [0.05, 0.1) is 17.0 Å². The molecule has 6 heteroatoms. The molecular formula is C22H27N3O3. The SMILES string of the molecule is CC1(C)CC2CC(C)(CN2C(=O)c2ccc3nc(C4CC4C(=O)O)[nH]c3c2)C1. The van der Waals surface area contributed by atoms with Gasteiger partial charge in [0, 0.05) is 24.1 Å². The van der Waals surface area contributed by atoms with E-state index in [-0.39, 0.29) is 28.6 Å². The van der Waals surface area contributed by atoms with Gasteiger partial charge in [-0.25, -0.2) is 4.98 Å². The van der Waals surface area contributed by atoms with Gasteiger partial charge in [-0.05, 0) is 54.7 Å². The molecular weight excluding hydrogens is 354 g/mol. The van der Waals surface area contributed by atoms with Crippen LogP contribution in [-0.4, -0.2) is 44.4 Å². The molecule has 148 valence electrons. The van der Waals surface area contributed by atoms with Crippen LogP contribution in [0, 0.1) is 16.7 Å². The van der Waals surface area contributed by atoms with Crippen LogP contribution >= 0.6 is 0 Å². The highest BCUT2D eigenvalue weighted by Crippen LogP contribution is 2.52. The Morgan fingerprint density at radius 2 is 2.04 bits per heavy atom. The number of carboxylic acid groups (broad SMARTS) is 1. The van der Waals surface area contributed by atoms with Gasteiger partial charge in [0.15, 0.2) is 0 Å². The Balaban J connectivity index is 1.40. The van der Waals surface area contributed by atoms with E-state index in [1.54, 1.807) is 0 Å². The van der Waals surface area contributed by atoms with Crippen LogP contribution in [0.4, 0.5) is 0 Å². The molecule has 6 nitrogen and oxygen atoms in total. The predicted molar refractivity (Wildman–Crippen MR) is 105 cm³/mol. The Hall–Kier alpha value is -2.37. The zero-order valence-electron chi connectivity index (χ0n) is 16.7. The topological polar surface area (TPSA) is 86.3 Å². The number of imidazole rings is 1. The second-order valence-electron chi connectivity index (χ2n) is 10.3. The molecule has 0 radical (unpaired) electrons. The number of likely N-dealkylation sites (tertiary alicyclic amines) is 1. The number of fused-ring (bicyclic) bond motifs is 3. The van der Waals surface area contributed by atoms with Crippen LogP contribution in [0.5, 0.6) is 0 Å². The Bertz CT molecular complexity index is 994. The number of carbonyl (C=O) groups excluding carboxylic acids is 1. The summed E-state index contributed by atoms with van der Waals surface area (Å²) in [5, 5.41) is 9.14. The van der Waals surface area contributed by atoms with E-state index in [2.05, 4.69) is 35.6 Å². The first-order chi connectivity index (χ1) is 13.1. The zero-order chi connectivity index (χ0) is 19.8. The number of nitrogens with one attached hydrogen (secondary N) is 1. The fourth-order valence-electron chi connectivity index (χ4n) is 5.97. The van der Waals surface area contributed by atoms with E-state index >= 15 is 0 Å². The lowest BCUT2D eigenvalue weighted by Crippen LogP contribution is -2.37. The highest BCUT2D eigenvalue weighted by atomic mass is 16.4. The minimum atomic E-state index is -0.766. The number of aliphatic carboxylic acids is 1. The molecule has 1 saturated heterocycles. The number of aromatic amines is 1. The largest absolute Gasteiger partial charge is 0.481 e. The van der Waals surface area contributed by atoms with Gasteiger partial charge in [0.1, 0.15) is 5.82 Å². The fraction of sp³-hybridized carbons (Fsp3) is 0.591. The Labute approximate surface area is 164 Å². The first-order valence-corrected chi connectivity index (χ1v) is 10.2. The summed E-state index contributed by atoms with van der Waals surface area (Å²) in [7, 11) is 0. The van der Waals surface area contributed by atoms with E-state index in [1.165, 1.54) is 0 Å². The Kier molecular flexibility index (Phi) is 3.53. The molecule has 3 fully saturated rings. The molecule has 2 aliphatic carbocycles. The van der Waals surface area contributed by atoms with Crippen LogP contribution in [0.2, 0.25) is 0 Å². The number of aromatic nitrogens is 2. The molecule has 4 atom stereocenters. The van der Waals surface area contributed by atoms with Crippen molar-refractivity contribution in [1.82, 2.24) is 14.9 Å². The number of carboxylic acids is 1. The maximum absolute atomic E-state index is 13.3. The highest BCUT2D eigenvalue weighted by molar-refractivity contribution is 5.97. The van der Waals surface area contributed by atoms with Crippen molar-refractivity contribution < 1.29 is 14.7 Å². The summed E-state index contributed by atoms with van der Waals surface area (Å²) < 4.78 is 0. The second-order valence-corrected chi connectivity index (χ2v) is 10.3. The minimum absolute atomic E-state index is 0.0379. The third-order valence-corrected chi connectivity index (χ3v) is 6.88. The molecule has 2 heterocycles. The summed E-state index contributed by atoms with van der Waals surface area (Å²) in [4.78, 5) is 34.3. The summed E-state index contributed by atoms with van der Waals surface area (Å²) in [6.45, 7) is 7.76. The zero-order valence-corrected chi connectivity index (χ0v) is 16.7. The van der Waals surface area contributed by atoms with Gasteiger partial charge in [-0.3, -0.25) is 9.59 Å². The summed E-state index contributed by atoms with van der Waals surface area (Å²) in [5.74, 6) is -0.325. The van der Waals surface area contributed by atoms with Crippen LogP contribution in [0.3, 0.4) is 0 Å². The fourth-order valence-corrected chi connectivity index (χ4v) is 5.97. The van der Waals surface area contributed by atoms with Gasteiger partial charge < -0.3 is 15.0 Å². The number of rotatable bonds is 3. The third kappa shape index (κ3) is 2.81. The standard InChI is InChI=1S/C22H27N3O3/c1-21(2)8-13-9-22(3,10-21)11-25(13)19(26)12-4-5-16-17(6-12)24-18(23-16)14-7-15(14)20(27)28/h4-6,13-15H,7-11H2,1-3H3,(H,23,24)(H,27,28). The monoisotopic (exact) mass is 381 g/mol. The number of nitrogens with zero attached hydrogens (tertiary/aromatic N) is 2. The third-order valence-electron chi connectivity index (χ3n) is 6.88. The van der Waals surface area contributed by atoms with E-state index in [4.69, 9.17) is 5.11 Å². The van der Waals surface area contributed by atoms with Gasteiger partial charge in [0.2, 0.25) is 0 Å². The maximum Gasteiger partial charge on any atom is 0.307 e.